The summed E-state index contributed by atoms with van der Waals surface area (Å²) in [4.78, 5) is 32.4. The largest absolute Gasteiger partial charge is 0.357 e. The average Bonchev–Trinajstić information content (AvgIpc) is 2.99. The fourth-order valence-electron chi connectivity index (χ4n) is 2.76. The van der Waals surface area contributed by atoms with Crippen LogP contribution >= 0.6 is 24.0 Å². The number of nitrogens with zero attached hydrogens (tertiary/aromatic N) is 5. The van der Waals surface area contributed by atoms with E-state index in [9.17, 15) is 9.59 Å². The molecule has 1 aliphatic rings. The summed E-state index contributed by atoms with van der Waals surface area (Å²) in [5.41, 5.74) is 0.810. The van der Waals surface area contributed by atoms with Crippen LogP contribution in [0.2, 0.25) is 0 Å². The summed E-state index contributed by atoms with van der Waals surface area (Å²) < 4.78 is 1.68. The molecule has 0 spiro atoms. The van der Waals surface area contributed by atoms with Gasteiger partial charge in [0, 0.05) is 45.3 Å². The van der Waals surface area contributed by atoms with E-state index < -0.39 is 0 Å². The number of amides is 2. The number of hydrogen-bond acceptors (Lipinski definition) is 4. The molecule has 0 aliphatic carbocycles. The van der Waals surface area contributed by atoms with E-state index in [0.29, 0.717) is 38.6 Å². The van der Waals surface area contributed by atoms with E-state index in [1.165, 1.54) is 0 Å². The second kappa shape index (κ2) is 11.1. The van der Waals surface area contributed by atoms with Crippen molar-refractivity contribution >= 4 is 47.4 Å². The van der Waals surface area contributed by atoms with Crippen LogP contribution in [-0.4, -0.2) is 71.2 Å². The maximum atomic E-state index is 12.5. The molecule has 1 aromatic rings. The standard InChI is InChI=1S/C17H29N7O2.HI/c1-5-18-17(19-7-6-15(25)21-13(2)3)23-8-9-24(16(26)12-23)14-10-20-22(4)11-14;/h10-11,13H,5-9,12H2,1-4H3,(H,18,19)(H,21,25);1H. The van der Waals surface area contributed by atoms with Gasteiger partial charge in [-0.05, 0) is 20.8 Å². The average molecular weight is 491 g/mol. The molecule has 0 atom stereocenters. The van der Waals surface area contributed by atoms with Crippen LogP contribution in [0.25, 0.3) is 0 Å². The zero-order valence-electron chi connectivity index (χ0n) is 16.4. The van der Waals surface area contributed by atoms with Crippen LogP contribution in [-0.2, 0) is 16.6 Å². The Kier molecular flexibility index (Phi) is 9.53. The molecule has 0 bridgehead atoms. The van der Waals surface area contributed by atoms with Crippen molar-refractivity contribution < 1.29 is 9.59 Å². The Morgan fingerprint density at radius 1 is 1.37 bits per heavy atom. The molecule has 152 valence electrons. The second-order valence-corrected chi connectivity index (χ2v) is 6.55. The molecule has 0 saturated carbocycles. The van der Waals surface area contributed by atoms with Crippen molar-refractivity contribution in [2.24, 2.45) is 12.0 Å². The van der Waals surface area contributed by atoms with Gasteiger partial charge in [-0.3, -0.25) is 19.3 Å². The van der Waals surface area contributed by atoms with Gasteiger partial charge in [0.05, 0.1) is 18.4 Å². The zero-order valence-corrected chi connectivity index (χ0v) is 18.8. The number of hydrogen-bond donors (Lipinski definition) is 2. The molecule has 0 unspecified atom stereocenters. The van der Waals surface area contributed by atoms with Gasteiger partial charge in [-0.1, -0.05) is 0 Å². The van der Waals surface area contributed by atoms with Crippen LogP contribution in [0.15, 0.2) is 17.4 Å². The van der Waals surface area contributed by atoms with E-state index in [0.717, 1.165) is 5.69 Å². The topological polar surface area (TPSA) is 94.9 Å². The Labute approximate surface area is 177 Å². The molecule has 2 heterocycles. The first-order valence-corrected chi connectivity index (χ1v) is 9.02. The summed E-state index contributed by atoms with van der Waals surface area (Å²) in [7, 11) is 1.83. The number of aliphatic imine (C=N–C) groups is 1. The SMILES string of the molecule is CCNC(=NCCC(=O)NC(C)C)N1CCN(c2cnn(C)c2)C(=O)C1.I. The number of halogens is 1. The van der Waals surface area contributed by atoms with Crippen molar-refractivity contribution in [2.75, 3.05) is 37.6 Å². The van der Waals surface area contributed by atoms with Crippen LogP contribution in [0.4, 0.5) is 5.69 Å². The highest BCUT2D eigenvalue weighted by molar-refractivity contribution is 14.0. The van der Waals surface area contributed by atoms with Gasteiger partial charge in [0.2, 0.25) is 11.8 Å². The summed E-state index contributed by atoms with van der Waals surface area (Å²) in [5, 5.41) is 10.2. The molecule has 0 radical (unpaired) electrons. The Hall–Kier alpha value is -1.85. The summed E-state index contributed by atoms with van der Waals surface area (Å²) in [5.74, 6) is 0.661. The highest BCUT2D eigenvalue weighted by Gasteiger charge is 2.27. The third-order valence-corrected chi connectivity index (χ3v) is 3.91. The summed E-state index contributed by atoms with van der Waals surface area (Å²) in [6, 6.07) is 0.123. The summed E-state index contributed by atoms with van der Waals surface area (Å²) in [6.45, 7) is 8.42. The zero-order chi connectivity index (χ0) is 19.1. The van der Waals surface area contributed by atoms with Crippen molar-refractivity contribution in [3.05, 3.63) is 12.4 Å². The number of aryl methyl sites for hydroxylation is 1. The predicted octanol–water partition coefficient (Wildman–Crippen LogP) is 0.567. The molecule has 2 amide bonds. The lowest BCUT2D eigenvalue weighted by Crippen LogP contribution is -2.55. The maximum absolute atomic E-state index is 12.5. The summed E-state index contributed by atoms with van der Waals surface area (Å²) in [6.07, 6.45) is 3.86. The highest BCUT2D eigenvalue weighted by Crippen LogP contribution is 2.16. The molecule has 27 heavy (non-hydrogen) atoms. The molecule has 9 nitrogen and oxygen atoms in total. The Bertz CT molecular complexity index is 659. The van der Waals surface area contributed by atoms with E-state index in [-0.39, 0.29) is 48.4 Å². The van der Waals surface area contributed by atoms with E-state index in [4.69, 9.17) is 0 Å². The van der Waals surface area contributed by atoms with Crippen molar-refractivity contribution in [3.63, 3.8) is 0 Å². The minimum absolute atomic E-state index is 0. The normalized spacial score (nSPS) is 15.0. The van der Waals surface area contributed by atoms with Gasteiger partial charge >= 0.3 is 0 Å². The van der Waals surface area contributed by atoms with Gasteiger partial charge < -0.3 is 20.4 Å². The number of aromatic nitrogens is 2. The van der Waals surface area contributed by atoms with Gasteiger partial charge in [-0.2, -0.15) is 5.10 Å². The van der Waals surface area contributed by atoms with E-state index in [2.05, 4.69) is 20.7 Å². The molecular formula is C17H30IN7O2. The monoisotopic (exact) mass is 491 g/mol. The quantitative estimate of drug-likeness (QED) is 0.345. The Morgan fingerprint density at radius 3 is 2.67 bits per heavy atom. The number of piperazine rings is 1. The molecule has 10 heteroatoms. The van der Waals surface area contributed by atoms with Crippen LogP contribution in [0.3, 0.4) is 0 Å². The lowest BCUT2D eigenvalue weighted by molar-refractivity contribution is -0.121. The van der Waals surface area contributed by atoms with Gasteiger partial charge in [0.1, 0.15) is 6.54 Å². The summed E-state index contributed by atoms with van der Waals surface area (Å²) >= 11 is 0. The fourth-order valence-corrected chi connectivity index (χ4v) is 2.76. The molecular weight excluding hydrogens is 461 g/mol. The Balaban J connectivity index is 0.00000364. The first-order chi connectivity index (χ1) is 12.4. The van der Waals surface area contributed by atoms with Crippen molar-refractivity contribution in [2.45, 2.75) is 33.2 Å². The van der Waals surface area contributed by atoms with E-state index >= 15 is 0 Å². The third-order valence-electron chi connectivity index (χ3n) is 3.91. The molecule has 0 aromatic carbocycles. The van der Waals surface area contributed by atoms with Crippen LogP contribution in [0.5, 0.6) is 0 Å². The molecule has 1 fully saturated rings. The van der Waals surface area contributed by atoms with Crippen molar-refractivity contribution in [3.8, 4) is 0 Å². The van der Waals surface area contributed by atoms with Gasteiger partial charge in [0.15, 0.2) is 5.96 Å². The second-order valence-electron chi connectivity index (χ2n) is 6.55. The fraction of sp³-hybridized carbons (Fsp3) is 0.647. The number of rotatable bonds is 6. The molecule has 2 N–H and O–H groups in total. The minimum Gasteiger partial charge on any atom is -0.357 e. The predicted molar refractivity (Wildman–Crippen MR) is 116 cm³/mol. The number of anilines is 1. The maximum Gasteiger partial charge on any atom is 0.246 e. The first-order valence-electron chi connectivity index (χ1n) is 9.02. The van der Waals surface area contributed by atoms with Gasteiger partial charge in [-0.25, -0.2) is 0 Å². The number of carbonyl (C=O) groups is 2. The molecule has 1 aliphatic heterocycles. The number of nitrogens with one attached hydrogen (secondary N) is 2. The van der Waals surface area contributed by atoms with Gasteiger partial charge in [-0.15, -0.1) is 24.0 Å². The lowest BCUT2D eigenvalue weighted by Gasteiger charge is -2.35. The van der Waals surface area contributed by atoms with Gasteiger partial charge in [0.25, 0.3) is 0 Å². The van der Waals surface area contributed by atoms with E-state index in [1.807, 2.05) is 38.9 Å². The third kappa shape index (κ3) is 7.00. The van der Waals surface area contributed by atoms with Crippen LogP contribution < -0.4 is 15.5 Å². The lowest BCUT2D eigenvalue weighted by atomic mass is 10.3. The van der Waals surface area contributed by atoms with Crippen molar-refractivity contribution in [1.82, 2.24) is 25.3 Å². The molecule has 2 rings (SSSR count). The molecule has 1 saturated heterocycles. The number of carbonyl (C=O) groups excluding carboxylic acids is 2. The van der Waals surface area contributed by atoms with E-state index in [1.54, 1.807) is 15.8 Å². The first kappa shape index (κ1) is 23.2. The highest BCUT2D eigenvalue weighted by atomic mass is 127. The smallest absolute Gasteiger partial charge is 0.246 e. The Morgan fingerprint density at radius 2 is 2.11 bits per heavy atom. The van der Waals surface area contributed by atoms with Crippen molar-refractivity contribution in [1.29, 1.82) is 0 Å². The molecule has 1 aromatic heterocycles. The number of guanidine groups is 1. The minimum atomic E-state index is -0.0166. The van der Waals surface area contributed by atoms with Crippen LogP contribution in [0.1, 0.15) is 27.2 Å². The van der Waals surface area contributed by atoms with Crippen LogP contribution in [0, 0.1) is 0 Å².